The summed E-state index contributed by atoms with van der Waals surface area (Å²) in [4.78, 5) is 12.4. The van der Waals surface area contributed by atoms with E-state index in [1.807, 2.05) is 29.9 Å². The third-order valence-corrected chi connectivity index (χ3v) is 4.33. The number of hydrogen-bond donors (Lipinski definition) is 0. The number of carbonyl (C=O) groups excluding carboxylic acids is 1. The highest BCUT2D eigenvalue weighted by atomic mass is 16.1. The van der Waals surface area contributed by atoms with Crippen molar-refractivity contribution in [2.24, 2.45) is 18.9 Å². The summed E-state index contributed by atoms with van der Waals surface area (Å²) in [5.41, 5.74) is 2.03. The van der Waals surface area contributed by atoms with Gasteiger partial charge >= 0.3 is 0 Å². The van der Waals surface area contributed by atoms with Gasteiger partial charge in [-0.05, 0) is 31.2 Å². The first-order chi connectivity index (χ1) is 9.15. The van der Waals surface area contributed by atoms with E-state index in [2.05, 4.69) is 18.1 Å². The molecule has 100 valence electrons. The molecule has 0 bridgehead atoms. The Morgan fingerprint density at radius 2 is 2.16 bits per heavy atom. The molecule has 3 nitrogen and oxygen atoms in total. The number of Topliss-reactive ketones (excluding diaryl/α,β-unsaturated/α-hetero) is 1. The molecule has 2 unspecified atom stereocenters. The average molecular weight is 256 g/mol. The van der Waals surface area contributed by atoms with Crippen LogP contribution in [0.2, 0.25) is 0 Å². The molecule has 1 aromatic carbocycles. The fourth-order valence-electron chi connectivity index (χ4n) is 3.23. The molecule has 1 fully saturated rings. The molecule has 19 heavy (non-hydrogen) atoms. The molecule has 1 saturated carbocycles. The van der Waals surface area contributed by atoms with Gasteiger partial charge in [-0.25, -0.2) is 0 Å². The lowest BCUT2D eigenvalue weighted by molar-refractivity contribution is -0.122. The molecule has 2 aromatic rings. The molecule has 0 radical (unpaired) electrons. The number of nitrogens with zero attached hydrogens (tertiary/aromatic N) is 2. The Balaban J connectivity index is 1.83. The van der Waals surface area contributed by atoms with E-state index in [-0.39, 0.29) is 5.92 Å². The predicted molar refractivity (Wildman–Crippen MR) is 75.9 cm³/mol. The van der Waals surface area contributed by atoms with Crippen LogP contribution in [0.1, 0.15) is 31.9 Å². The molecule has 1 aliphatic rings. The Kier molecular flexibility index (Phi) is 3.13. The van der Waals surface area contributed by atoms with Crippen molar-refractivity contribution in [3.8, 4) is 0 Å². The third-order valence-electron chi connectivity index (χ3n) is 4.33. The highest BCUT2D eigenvalue weighted by Gasteiger charge is 2.28. The lowest BCUT2D eigenvalue weighted by atomic mass is 9.97. The molecule has 2 atom stereocenters. The summed E-state index contributed by atoms with van der Waals surface area (Å²) >= 11 is 0. The summed E-state index contributed by atoms with van der Waals surface area (Å²) in [6.45, 7) is 2.24. The molecule has 1 aliphatic carbocycles. The summed E-state index contributed by atoms with van der Waals surface area (Å²) in [7, 11) is 1.94. The van der Waals surface area contributed by atoms with Crippen LogP contribution in [0.25, 0.3) is 10.9 Å². The van der Waals surface area contributed by atoms with Crippen molar-refractivity contribution in [2.45, 2.75) is 32.6 Å². The zero-order chi connectivity index (χ0) is 13.4. The number of aromatic nitrogens is 2. The van der Waals surface area contributed by atoms with Gasteiger partial charge in [0.15, 0.2) is 0 Å². The van der Waals surface area contributed by atoms with E-state index < -0.39 is 0 Å². The summed E-state index contributed by atoms with van der Waals surface area (Å²) in [5.74, 6) is 1.33. The van der Waals surface area contributed by atoms with Crippen molar-refractivity contribution >= 4 is 16.7 Å². The average Bonchev–Trinajstić information content (AvgIpc) is 2.96. The van der Waals surface area contributed by atoms with Gasteiger partial charge in [-0.3, -0.25) is 9.48 Å². The first-order valence-electron chi connectivity index (χ1n) is 7.08. The molecule has 0 spiro atoms. The van der Waals surface area contributed by atoms with E-state index in [0.717, 1.165) is 29.4 Å². The van der Waals surface area contributed by atoms with Crippen LogP contribution < -0.4 is 0 Å². The molecule has 0 aliphatic heterocycles. The lowest BCUT2D eigenvalue weighted by Crippen LogP contribution is -2.14. The second kappa shape index (κ2) is 4.80. The molecule has 0 N–H and O–H groups in total. The second-order valence-electron chi connectivity index (χ2n) is 5.85. The molecule has 3 rings (SSSR count). The van der Waals surface area contributed by atoms with Gasteiger partial charge in [0.05, 0.1) is 17.6 Å². The van der Waals surface area contributed by atoms with E-state index in [9.17, 15) is 4.79 Å². The Morgan fingerprint density at radius 1 is 1.37 bits per heavy atom. The molecule has 1 aromatic heterocycles. The number of hydrogen-bond acceptors (Lipinski definition) is 2. The molecule has 1 heterocycles. The van der Waals surface area contributed by atoms with E-state index in [1.165, 1.54) is 6.42 Å². The largest absolute Gasteiger partial charge is 0.299 e. The molecule has 0 saturated heterocycles. The Morgan fingerprint density at radius 3 is 2.89 bits per heavy atom. The van der Waals surface area contributed by atoms with Crippen LogP contribution in [0.4, 0.5) is 0 Å². The normalized spacial score (nSPS) is 23.1. The zero-order valence-corrected chi connectivity index (χ0v) is 11.6. The van der Waals surface area contributed by atoms with E-state index >= 15 is 0 Å². The zero-order valence-electron chi connectivity index (χ0n) is 11.6. The van der Waals surface area contributed by atoms with E-state index in [0.29, 0.717) is 18.1 Å². The van der Waals surface area contributed by atoms with Crippen molar-refractivity contribution in [3.05, 3.63) is 30.0 Å². The molecular weight excluding hydrogens is 236 g/mol. The van der Waals surface area contributed by atoms with Gasteiger partial charge in [0.25, 0.3) is 0 Å². The summed E-state index contributed by atoms with van der Waals surface area (Å²) in [5, 5.41) is 5.63. The fourth-order valence-corrected chi connectivity index (χ4v) is 3.23. The lowest BCUT2D eigenvalue weighted by Gasteiger charge is -2.07. The van der Waals surface area contributed by atoms with Crippen molar-refractivity contribution in [1.29, 1.82) is 0 Å². The second-order valence-corrected chi connectivity index (χ2v) is 5.85. The minimum Gasteiger partial charge on any atom is -0.299 e. The van der Waals surface area contributed by atoms with Crippen LogP contribution in [0.5, 0.6) is 0 Å². The number of carbonyl (C=O) groups is 1. The molecule has 0 amide bonds. The molecular formula is C16H20N2O. The van der Waals surface area contributed by atoms with Crippen molar-refractivity contribution < 1.29 is 4.79 Å². The summed E-state index contributed by atoms with van der Waals surface area (Å²) < 4.78 is 1.87. The van der Waals surface area contributed by atoms with E-state index in [4.69, 9.17) is 0 Å². The van der Waals surface area contributed by atoms with Gasteiger partial charge in [-0.2, -0.15) is 5.10 Å². The maximum absolute atomic E-state index is 12.4. The number of rotatable bonds is 3. The number of para-hydroxylation sites is 1. The van der Waals surface area contributed by atoms with Gasteiger partial charge in [0.2, 0.25) is 0 Å². The minimum absolute atomic E-state index is 0.260. The van der Waals surface area contributed by atoms with Gasteiger partial charge in [0, 0.05) is 18.4 Å². The Hall–Kier alpha value is -1.64. The quantitative estimate of drug-likeness (QED) is 0.845. The van der Waals surface area contributed by atoms with Crippen molar-refractivity contribution in [1.82, 2.24) is 9.78 Å². The Labute approximate surface area is 113 Å². The van der Waals surface area contributed by atoms with Crippen LogP contribution in [-0.4, -0.2) is 15.6 Å². The van der Waals surface area contributed by atoms with Crippen LogP contribution in [0, 0.1) is 11.8 Å². The highest BCUT2D eigenvalue weighted by molar-refractivity contribution is 5.89. The van der Waals surface area contributed by atoms with Crippen LogP contribution >= 0.6 is 0 Å². The smallest absolute Gasteiger partial charge is 0.142 e. The van der Waals surface area contributed by atoms with Gasteiger partial charge in [-0.1, -0.05) is 25.1 Å². The van der Waals surface area contributed by atoms with Gasteiger partial charge in [0.1, 0.15) is 5.78 Å². The summed E-state index contributed by atoms with van der Waals surface area (Å²) in [6, 6.07) is 8.13. The maximum atomic E-state index is 12.4. The first kappa shape index (κ1) is 12.4. The van der Waals surface area contributed by atoms with Crippen molar-refractivity contribution in [3.63, 3.8) is 0 Å². The summed E-state index contributed by atoms with van der Waals surface area (Å²) in [6.07, 6.45) is 3.80. The van der Waals surface area contributed by atoms with Crippen LogP contribution in [0.3, 0.4) is 0 Å². The van der Waals surface area contributed by atoms with E-state index in [1.54, 1.807) is 0 Å². The first-order valence-corrected chi connectivity index (χ1v) is 7.08. The highest BCUT2D eigenvalue weighted by Crippen LogP contribution is 2.32. The number of ketones is 1. The SMILES string of the molecule is CC1CCC(C(=O)Cc2nn(C)c3ccccc23)C1. The topological polar surface area (TPSA) is 34.9 Å². The minimum atomic E-state index is 0.260. The standard InChI is InChI=1S/C16H20N2O/c1-11-7-8-12(9-11)16(19)10-14-13-5-3-4-6-15(13)18(2)17-14/h3-6,11-12H,7-10H2,1-2H3. The number of aryl methyl sites for hydroxylation is 1. The van der Waals surface area contributed by atoms with Crippen LogP contribution in [0.15, 0.2) is 24.3 Å². The van der Waals surface area contributed by atoms with Crippen molar-refractivity contribution in [2.75, 3.05) is 0 Å². The Bertz CT molecular complexity index is 614. The molecule has 3 heteroatoms. The number of fused-ring (bicyclic) bond motifs is 1. The maximum Gasteiger partial charge on any atom is 0.142 e. The monoisotopic (exact) mass is 256 g/mol. The number of benzene rings is 1. The fraction of sp³-hybridized carbons (Fsp3) is 0.500. The van der Waals surface area contributed by atoms with Gasteiger partial charge in [-0.15, -0.1) is 0 Å². The van der Waals surface area contributed by atoms with Gasteiger partial charge < -0.3 is 0 Å². The predicted octanol–water partition coefficient (Wildman–Crippen LogP) is 3.12. The van der Waals surface area contributed by atoms with Crippen LogP contribution in [-0.2, 0) is 18.3 Å². The third kappa shape index (κ3) is 2.29.